The summed E-state index contributed by atoms with van der Waals surface area (Å²) < 4.78 is 0. The Labute approximate surface area is 185 Å². The molecule has 0 aromatic heterocycles. The highest BCUT2D eigenvalue weighted by atomic mass is 79.9. The molecule has 1 N–H and O–H groups in total. The van der Waals surface area contributed by atoms with E-state index in [0.717, 1.165) is 22.9 Å². The van der Waals surface area contributed by atoms with Gasteiger partial charge in [0.15, 0.2) is 0 Å². The molecule has 0 radical (unpaired) electrons. The van der Waals surface area contributed by atoms with Gasteiger partial charge in [-0.3, -0.25) is 19.3 Å². The van der Waals surface area contributed by atoms with Crippen molar-refractivity contribution in [1.82, 2.24) is 4.90 Å². The van der Waals surface area contributed by atoms with E-state index in [1.807, 2.05) is 42.5 Å². The second kappa shape index (κ2) is 7.20. The average Bonchev–Trinajstić information content (AvgIpc) is 3.32. The molecule has 1 heterocycles. The summed E-state index contributed by atoms with van der Waals surface area (Å²) in [6, 6.07) is 13.6. The lowest BCUT2D eigenvalue weighted by Crippen LogP contribution is -2.37. The van der Waals surface area contributed by atoms with Crippen LogP contribution in [0.2, 0.25) is 0 Å². The molecule has 3 fully saturated rings. The normalized spacial score (nSPS) is 32.8. The fraction of sp³-hybridized carbons (Fsp3) is 0.409. The summed E-state index contributed by atoms with van der Waals surface area (Å²) in [5.41, 5.74) is 0.742. The van der Waals surface area contributed by atoms with Gasteiger partial charge in [-0.25, -0.2) is 0 Å². The molecule has 0 unspecified atom stereocenters. The van der Waals surface area contributed by atoms with Gasteiger partial charge in [0.2, 0.25) is 17.7 Å². The lowest BCUT2D eigenvalue weighted by molar-refractivity contribution is -0.140. The lowest BCUT2D eigenvalue weighted by Gasteiger charge is -2.28. The van der Waals surface area contributed by atoms with Crippen molar-refractivity contribution in [2.45, 2.75) is 22.5 Å². The topological polar surface area (TPSA) is 66.5 Å². The molecule has 2 saturated carbocycles. The summed E-state index contributed by atoms with van der Waals surface area (Å²) in [6.45, 7) is 0.139. The zero-order valence-electron chi connectivity index (χ0n) is 15.6. The lowest BCUT2D eigenvalue weighted by atomic mass is 9.81. The van der Waals surface area contributed by atoms with E-state index in [-0.39, 0.29) is 64.0 Å². The molecule has 3 amide bonds. The first-order valence-electron chi connectivity index (χ1n) is 9.88. The molecule has 2 aromatic carbocycles. The zero-order chi connectivity index (χ0) is 20.3. The van der Waals surface area contributed by atoms with Gasteiger partial charge in [0.05, 0.1) is 11.8 Å². The molecule has 1 saturated heterocycles. The smallest absolute Gasteiger partial charge is 0.233 e. The number of fused-ring (bicyclic) bond motifs is 6. The van der Waals surface area contributed by atoms with Crippen LogP contribution in [0, 0.1) is 23.7 Å². The number of benzene rings is 2. The average molecular weight is 520 g/mol. The van der Waals surface area contributed by atoms with Crippen molar-refractivity contribution in [1.29, 1.82) is 0 Å². The summed E-state index contributed by atoms with van der Waals surface area (Å²) in [5.74, 6) is -0.471. The van der Waals surface area contributed by atoms with E-state index in [2.05, 4.69) is 37.2 Å². The summed E-state index contributed by atoms with van der Waals surface area (Å²) >= 11 is 7.38. The predicted molar refractivity (Wildman–Crippen MR) is 118 cm³/mol. The molecule has 2 aromatic rings. The van der Waals surface area contributed by atoms with Crippen LogP contribution in [0.3, 0.4) is 0 Å². The van der Waals surface area contributed by atoms with Crippen LogP contribution in [0.4, 0.5) is 5.69 Å². The van der Waals surface area contributed by atoms with Gasteiger partial charge < -0.3 is 5.32 Å². The SMILES string of the molecule is O=C(CCN1C(=O)[C@@H]2[C@H]3C[C@@H]([C@H](Br)[C@H]3Br)[C@@H]2C1=O)Nc1cccc2ccccc12. The second-order valence-corrected chi connectivity index (χ2v) is 10.3. The minimum atomic E-state index is -0.230. The molecular weight excluding hydrogens is 500 g/mol. The summed E-state index contributed by atoms with van der Waals surface area (Å²) in [4.78, 5) is 40.2. The minimum Gasteiger partial charge on any atom is -0.325 e. The fourth-order valence-electron chi connectivity index (χ4n) is 5.39. The van der Waals surface area contributed by atoms with Gasteiger partial charge in [-0.1, -0.05) is 68.3 Å². The number of nitrogens with zero attached hydrogens (tertiary/aromatic N) is 1. The third-order valence-corrected chi connectivity index (χ3v) is 9.91. The largest absolute Gasteiger partial charge is 0.325 e. The van der Waals surface area contributed by atoms with Crippen LogP contribution >= 0.6 is 31.9 Å². The van der Waals surface area contributed by atoms with Crippen LogP contribution in [-0.4, -0.2) is 38.8 Å². The van der Waals surface area contributed by atoms with Crippen LogP contribution < -0.4 is 5.32 Å². The van der Waals surface area contributed by atoms with Gasteiger partial charge in [-0.2, -0.15) is 0 Å². The van der Waals surface area contributed by atoms with E-state index in [0.29, 0.717) is 0 Å². The summed E-state index contributed by atoms with van der Waals surface area (Å²) in [5, 5.41) is 4.95. The Morgan fingerprint density at radius 1 is 0.966 bits per heavy atom. The van der Waals surface area contributed by atoms with Crippen LogP contribution in [0.15, 0.2) is 42.5 Å². The van der Waals surface area contributed by atoms with Gasteiger partial charge in [0.25, 0.3) is 0 Å². The number of carbonyl (C=O) groups is 3. The fourth-order valence-corrected chi connectivity index (χ4v) is 7.26. The number of anilines is 1. The van der Waals surface area contributed by atoms with Crippen LogP contribution in [0.1, 0.15) is 12.8 Å². The van der Waals surface area contributed by atoms with Crippen molar-refractivity contribution in [3.63, 3.8) is 0 Å². The van der Waals surface area contributed by atoms with Gasteiger partial charge in [-0.05, 0) is 29.7 Å². The quantitative estimate of drug-likeness (QED) is 0.491. The maximum absolute atomic E-state index is 12.9. The van der Waals surface area contributed by atoms with Crippen LogP contribution in [0.5, 0.6) is 0 Å². The Morgan fingerprint density at radius 3 is 2.28 bits per heavy atom. The van der Waals surface area contributed by atoms with Crippen molar-refractivity contribution in [2.75, 3.05) is 11.9 Å². The highest BCUT2D eigenvalue weighted by molar-refractivity contribution is 9.12. The van der Waals surface area contributed by atoms with Gasteiger partial charge in [0, 0.05) is 33.7 Å². The van der Waals surface area contributed by atoms with Crippen molar-refractivity contribution < 1.29 is 14.4 Å². The first kappa shape index (κ1) is 19.2. The summed E-state index contributed by atoms with van der Waals surface area (Å²) in [7, 11) is 0. The van der Waals surface area contributed by atoms with Crippen LogP contribution in [0.25, 0.3) is 10.8 Å². The Bertz CT molecular complexity index is 989. The highest BCUT2D eigenvalue weighted by Crippen LogP contribution is 2.60. The summed E-state index contributed by atoms with van der Waals surface area (Å²) in [6.07, 6.45) is 1.01. The number of alkyl halides is 2. The number of hydrogen-bond acceptors (Lipinski definition) is 3. The van der Waals surface area contributed by atoms with Crippen molar-refractivity contribution in [3.8, 4) is 0 Å². The molecule has 2 aliphatic carbocycles. The van der Waals surface area contributed by atoms with E-state index in [9.17, 15) is 14.4 Å². The minimum absolute atomic E-state index is 0.102. The zero-order valence-corrected chi connectivity index (χ0v) is 18.7. The van der Waals surface area contributed by atoms with Crippen molar-refractivity contribution in [3.05, 3.63) is 42.5 Å². The number of carbonyl (C=O) groups excluding carboxylic acids is 3. The van der Waals surface area contributed by atoms with E-state index < -0.39 is 0 Å². The molecule has 0 spiro atoms. The molecule has 1 aliphatic heterocycles. The molecule has 7 heteroatoms. The van der Waals surface area contributed by atoms with Crippen molar-refractivity contribution in [2.24, 2.45) is 23.7 Å². The van der Waals surface area contributed by atoms with Gasteiger partial charge in [0.1, 0.15) is 0 Å². The van der Waals surface area contributed by atoms with E-state index in [4.69, 9.17) is 0 Å². The number of likely N-dealkylation sites (tertiary alicyclic amines) is 1. The third kappa shape index (κ3) is 2.96. The third-order valence-electron chi connectivity index (χ3n) is 6.70. The van der Waals surface area contributed by atoms with Crippen molar-refractivity contribution >= 4 is 66.0 Å². The van der Waals surface area contributed by atoms with E-state index in [1.54, 1.807) is 0 Å². The second-order valence-electron chi connectivity index (χ2n) is 8.16. The predicted octanol–water partition coefficient (Wildman–Crippen LogP) is 3.95. The maximum atomic E-state index is 12.9. The first-order chi connectivity index (χ1) is 14.0. The first-order valence-corrected chi connectivity index (χ1v) is 11.7. The van der Waals surface area contributed by atoms with E-state index >= 15 is 0 Å². The highest BCUT2D eigenvalue weighted by Gasteiger charge is 2.66. The number of amides is 3. The standard InChI is InChI=1S/C22H20Br2N2O3/c23-19-13-10-14(20(19)24)18-17(13)21(28)26(22(18)29)9-8-16(27)25-15-7-3-5-11-4-1-2-6-12(11)15/h1-7,13-14,17-20H,8-10H2,(H,25,27)/t13-,14-,17-,18+,19+,20+/m1/s1. The molecule has 5 nitrogen and oxygen atoms in total. The van der Waals surface area contributed by atoms with Crippen LogP contribution in [-0.2, 0) is 14.4 Å². The number of imide groups is 1. The number of rotatable bonds is 4. The Morgan fingerprint density at radius 2 is 1.59 bits per heavy atom. The molecule has 150 valence electrons. The molecule has 29 heavy (non-hydrogen) atoms. The molecule has 5 rings (SSSR count). The number of hydrogen-bond donors (Lipinski definition) is 1. The number of nitrogens with one attached hydrogen (secondary N) is 1. The Balaban J connectivity index is 1.27. The molecule has 6 atom stereocenters. The molecular formula is C22H20Br2N2O3. The van der Waals surface area contributed by atoms with Gasteiger partial charge in [-0.15, -0.1) is 0 Å². The maximum Gasteiger partial charge on any atom is 0.233 e. The van der Waals surface area contributed by atoms with E-state index in [1.165, 1.54) is 4.90 Å². The Hall–Kier alpha value is -1.73. The monoisotopic (exact) mass is 518 g/mol. The number of halogens is 2. The molecule has 2 bridgehead atoms. The molecule has 3 aliphatic rings. The van der Waals surface area contributed by atoms with Gasteiger partial charge >= 0.3 is 0 Å². The Kier molecular flexibility index (Phi) is 4.78.